The Kier molecular flexibility index (Phi) is 4.43. The second-order valence-corrected chi connectivity index (χ2v) is 6.11. The molecule has 1 aliphatic heterocycles. The number of carbonyl (C=O) groups excluding carboxylic acids is 1. The van der Waals surface area contributed by atoms with Crippen molar-refractivity contribution < 1.29 is 4.79 Å². The molecular formula is C15H17N5OS. The first-order valence-electron chi connectivity index (χ1n) is 7.05. The second kappa shape index (κ2) is 6.65. The monoisotopic (exact) mass is 315 g/mol. The zero-order valence-corrected chi connectivity index (χ0v) is 12.8. The molecule has 1 amide bonds. The van der Waals surface area contributed by atoms with Crippen LogP contribution in [-0.2, 0) is 0 Å². The summed E-state index contributed by atoms with van der Waals surface area (Å²) < 4.78 is 0. The molecule has 114 valence electrons. The minimum Gasteiger partial charge on any atom is -0.383 e. The van der Waals surface area contributed by atoms with E-state index in [2.05, 4.69) is 20.2 Å². The second-order valence-electron chi connectivity index (χ2n) is 4.89. The Bertz CT molecular complexity index is 658. The maximum Gasteiger partial charge on any atom is 0.260 e. The molecule has 0 aliphatic carbocycles. The van der Waals surface area contributed by atoms with Gasteiger partial charge in [-0.15, -0.1) is 0 Å². The lowest BCUT2D eigenvalue weighted by Gasteiger charge is -2.26. The number of hydrogen-bond donors (Lipinski definition) is 2. The fraction of sp³-hybridized carbons (Fsp3) is 0.267. The van der Waals surface area contributed by atoms with Gasteiger partial charge in [-0.2, -0.15) is 16.7 Å². The summed E-state index contributed by atoms with van der Waals surface area (Å²) in [6, 6.07) is 9.22. The van der Waals surface area contributed by atoms with Crippen LogP contribution in [0.25, 0.3) is 0 Å². The van der Waals surface area contributed by atoms with Crippen LogP contribution in [0.15, 0.2) is 36.5 Å². The van der Waals surface area contributed by atoms with E-state index in [1.54, 1.807) is 0 Å². The molecule has 1 saturated heterocycles. The van der Waals surface area contributed by atoms with Gasteiger partial charge in [0.15, 0.2) is 0 Å². The summed E-state index contributed by atoms with van der Waals surface area (Å²) >= 11 is 1.91. The number of thioether (sulfide) groups is 1. The molecule has 1 aromatic heterocycles. The van der Waals surface area contributed by atoms with Gasteiger partial charge in [0, 0.05) is 36.5 Å². The average Bonchev–Trinajstić information content (AvgIpc) is 2.56. The summed E-state index contributed by atoms with van der Waals surface area (Å²) in [6.45, 7) is 1.80. The van der Waals surface area contributed by atoms with E-state index in [1.165, 1.54) is 6.20 Å². The van der Waals surface area contributed by atoms with Crippen molar-refractivity contribution in [1.29, 1.82) is 0 Å². The van der Waals surface area contributed by atoms with Crippen molar-refractivity contribution in [2.45, 2.75) is 0 Å². The normalized spacial score (nSPS) is 14.6. The molecule has 2 aromatic rings. The quantitative estimate of drug-likeness (QED) is 0.899. The van der Waals surface area contributed by atoms with Crippen molar-refractivity contribution in [3.05, 3.63) is 42.1 Å². The van der Waals surface area contributed by atoms with Crippen molar-refractivity contribution in [2.24, 2.45) is 0 Å². The Morgan fingerprint density at radius 3 is 2.64 bits per heavy atom. The first-order valence-corrected chi connectivity index (χ1v) is 8.21. The molecule has 3 N–H and O–H groups in total. The lowest BCUT2D eigenvalue weighted by atomic mass is 10.2. The first kappa shape index (κ1) is 14.6. The molecule has 6 nitrogen and oxygen atoms in total. The molecule has 0 saturated carbocycles. The van der Waals surface area contributed by atoms with Gasteiger partial charge < -0.3 is 16.0 Å². The van der Waals surface area contributed by atoms with Crippen LogP contribution < -0.4 is 16.0 Å². The largest absolute Gasteiger partial charge is 0.383 e. The number of carbonyl (C=O) groups is 1. The third-order valence-electron chi connectivity index (χ3n) is 3.38. The van der Waals surface area contributed by atoms with Crippen LogP contribution in [0.4, 0.5) is 17.5 Å². The Labute approximate surface area is 133 Å². The fourth-order valence-electron chi connectivity index (χ4n) is 2.20. The third-order valence-corrected chi connectivity index (χ3v) is 4.32. The third kappa shape index (κ3) is 3.30. The molecule has 2 heterocycles. The van der Waals surface area contributed by atoms with E-state index >= 15 is 0 Å². The lowest BCUT2D eigenvalue weighted by Crippen LogP contribution is -2.34. The number of nitrogen functional groups attached to an aromatic ring is 1. The predicted molar refractivity (Wildman–Crippen MR) is 90.4 cm³/mol. The highest BCUT2D eigenvalue weighted by atomic mass is 32.2. The summed E-state index contributed by atoms with van der Waals surface area (Å²) in [5.74, 6) is 2.61. The number of nitrogens with one attached hydrogen (secondary N) is 1. The molecule has 0 spiro atoms. The van der Waals surface area contributed by atoms with Crippen LogP contribution in [0.3, 0.4) is 0 Å². The zero-order chi connectivity index (χ0) is 15.4. The number of amides is 1. The molecule has 0 radical (unpaired) electrons. The van der Waals surface area contributed by atoms with Gasteiger partial charge in [0.1, 0.15) is 11.4 Å². The summed E-state index contributed by atoms with van der Waals surface area (Å²) in [4.78, 5) is 22.9. The number of benzene rings is 1. The number of anilines is 3. The predicted octanol–water partition coefficient (Wildman–Crippen LogP) is 1.86. The Balaban J connectivity index is 1.75. The minimum atomic E-state index is -0.301. The number of para-hydroxylation sites is 1. The molecule has 1 fully saturated rings. The topological polar surface area (TPSA) is 84.1 Å². The van der Waals surface area contributed by atoms with Crippen molar-refractivity contribution in [2.75, 3.05) is 40.5 Å². The molecule has 0 bridgehead atoms. The van der Waals surface area contributed by atoms with Crippen molar-refractivity contribution in [3.63, 3.8) is 0 Å². The maximum atomic E-state index is 12.2. The van der Waals surface area contributed by atoms with Crippen LogP contribution in [0.2, 0.25) is 0 Å². The molecule has 22 heavy (non-hydrogen) atoms. The number of rotatable bonds is 3. The van der Waals surface area contributed by atoms with Crippen LogP contribution in [0.1, 0.15) is 10.4 Å². The smallest absolute Gasteiger partial charge is 0.260 e. The number of nitrogens with two attached hydrogens (primary N) is 1. The van der Waals surface area contributed by atoms with Crippen LogP contribution in [0.5, 0.6) is 0 Å². The number of aromatic nitrogens is 2. The minimum absolute atomic E-state index is 0.205. The first-order chi connectivity index (χ1) is 10.7. The van der Waals surface area contributed by atoms with Gasteiger partial charge in [-0.05, 0) is 12.1 Å². The van der Waals surface area contributed by atoms with E-state index in [9.17, 15) is 4.79 Å². The molecule has 1 aliphatic rings. The van der Waals surface area contributed by atoms with E-state index in [0.717, 1.165) is 24.6 Å². The maximum absolute atomic E-state index is 12.2. The van der Waals surface area contributed by atoms with Crippen LogP contribution in [-0.4, -0.2) is 40.5 Å². The fourth-order valence-corrected chi connectivity index (χ4v) is 3.10. The van der Waals surface area contributed by atoms with Gasteiger partial charge in [-0.25, -0.2) is 4.98 Å². The SMILES string of the molecule is Nc1nc(N2CCSCC2)ncc1C(=O)Nc1ccccc1. The van der Waals surface area contributed by atoms with Gasteiger partial charge in [0.2, 0.25) is 5.95 Å². The molecule has 3 rings (SSSR count). The van der Waals surface area contributed by atoms with E-state index in [4.69, 9.17) is 5.73 Å². The van der Waals surface area contributed by atoms with E-state index in [-0.39, 0.29) is 11.7 Å². The van der Waals surface area contributed by atoms with Gasteiger partial charge >= 0.3 is 0 Å². The summed E-state index contributed by atoms with van der Waals surface area (Å²) in [5.41, 5.74) is 6.94. The number of hydrogen-bond acceptors (Lipinski definition) is 6. The highest BCUT2D eigenvalue weighted by molar-refractivity contribution is 7.99. The van der Waals surface area contributed by atoms with Crippen molar-refractivity contribution >= 4 is 35.1 Å². The van der Waals surface area contributed by atoms with Gasteiger partial charge in [0.25, 0.3) is 5.91 Å². The molecule has 7 heteroatoms. The standard InChI is InChI=1S/C15H17N5OS/c16-13-12(14(21)18-11-4-2-1-3-5-11)10-17-15(19-13)20-6-8-22-9-7-20/h1-5,10H,6-9H2,(H,18,21)(H2,16,17,19). The van der Waals surface area contributed by atoms with Gasteiger partial charge in [-0.3, -0.25) is 4.79 Å². The summed E-state index contributed by atoms with van der Waals surface area (Å²) in [6.07, 6.45) is 1.50. The van der Waals surface area contributed by atoms with E-state index < -0.39 is 0 Å². The lowest BCUT2D eigenvalue weighted by molar-refractivity contribution is 0.102. The molecule has 0 unspecified atom stereocenters. The van der Waals surface area contributed by atoms with Crippen LogP contribution in [0, 0.1) is 0 Å². The highest BCUT2D eigenvalue weighted by Gasteiger charge is 2.17. The molecule has 1 aromatic carbocycles. The summed E-state index contributed by atoms with van der Waals surface area (Å²) in [5, 5.41) is 2.78. The van der Waals surface area contributed by atoms with Gasteiger partial charge in [-0.1, -0.05) is 18.2 Å². The zero-order valence-electron chi connectivity index (χ0n) is 12.0. The Morgan fingerprint density at radius 2 is 1.95 bits per heavy atom. The highest BCUT2D eigenvalue weighted by Crippen LogP contribution is 2.18. The van der Waals surface area contributed by atoms with E-state index in [1.807, 2.05) is 42.1 Å². The van der Waals surface area contributed by atoms with Gasteiger partial charge in [0.05, 0.1) is 0 Å². The van der Waals surface area contributed by atoms with Crippen molar-refractivity contribution in [3.8, 4) is 0 Å². The summed E-state index contributed by atoms with van der Waals surface area (Å²) in [7, 11) is 0. The molecular weight excluding hydrogens is 298 g/mol. The Morgan fingerprint density at radius 1 is 1.23 bits per heavy atom. The Hall–Kier alpha value is -2.28. The average molecular weight is 315 g/mol. The number of nitrogens with zero attached hydrogens (tertiary/aromatic N) is 3. The van der Waals surface area contributed by atoms with E-state index in [0.29, 0.717) is 17.2 Å². The van der Waals surface area contributed by atoms with Crippen molar-refractivity contribution in [1.82, 2.24) is 9.97 Å². The molecule has 0 atom stereocenters. The van der Waals surface area contributed by atoms with Crippen LogP contribution >= 0.6 is 11.8 Å².